The predicted molar refractivity (Wildman–Crippen MR) is 47.7 cm³/mol. The molecule has 0 saturated heterocycles. The molecule has 0 amide bonds. The van der Waals surface area contributed by atoms with Gasteiger partial charge < -0.3 is 9.09 Å². The summed E-state index contributed by atoms with van der Waals surface area (Å²) in [4.78, 5) is 2.76. The van der Waals surface area contributed by atoms with E-state index in [2.05, 4.69) is 11.0 Å². The number of rotatable bonds is 3. The average molecular weight is 169 g/mol. The first-order chi connectivity index (χ1) is 5.33. The molecule has 0 spiro atoms. The van der Waals surface area contributed by atoms with Gasteiger partial charge in [0.15, 0.2) is 0 Å². The Bertz CT molecular complexity index is 227. The number of hydrogen-bond acceptors (Lipinski definition) is 1. The summed E-state index contributed by atoms with van der Waals surface area (Å²) in [5.41, 5.74) is 2.39. The minimum absolute atomic E-state index is 0.671. The third-order valence-electron chi connectivity index (χ3n) is 1.51. The van der Waals surface area contributed by atoms with Crippen LogP contribution in [0.5, 0.6) is 0 Å². The minimum atomic E-state index is -1.49. The highest BCUT2D eigenvalue weighted by molar-refractivity contribution is 6.22. The van der Waals surface area contributed by atoms with Crippen LogP contribution in [0.4, 0.5) is 4.11 Å². The molecule has 1 aromatic rings. The fraction of sp³-hybridized carbons (Fsp3) is 0.250. The molecular weight excluding hydrogens is 157 g/mol. The Balaban J connectivity index is 2.56. The zero-order valence-electron chi connectivity index (χ0n) is 6.60. The maximum absolute atomic E-state index is 11.8. The van der Waals surface area contributed by atoms with Crippen LogP contribution >= 0.6 is 0 Å². The standard InChI is InChI=1S/C8H12FNSi/c1-7-3-2-4-8(5-7)6-10-11-9/h2-5,10H,6,11H2,1H3. The number of halogens is 1. The molecule has 60 valence electrons. The summed E-state index contributed by atoms with van der Waals surface area (Å²) in [6, 6.07) is 8.10. The summed E-state index contributed by atoms with van der Waals surface area (Å²) in [7, 11) is -1.49. The molecule has 0 radical (unpaired) electrons. The zero-order chi connectivity index (χ0) is 8.10. The summed E-state index contributed by atoms with van der Waals surface area (Å²) in [5.74, 6) is 0. The Morgan fingerprint density at radius 3 is 3.00 bits per heavy atom. The second-order valence-electron chi connectivity index (χ2n) is 2.55. The molecule has 3 heteroatoms. The molecule has 0 heterocycles. The van der Waals surface area contributed by atoms with E-state index >= 15 is 0 Å². The predicted octanol–water partition coefficient (Wildman–Crippen LogP) is 1.05. The molecule has 0 bridgehead atoms. The monoisotopic (exact) mass is 169 g/mol. The van der Waals surface area contributed by atoms with Crippen molar-refractivity contribution in [3.63, 3.8) is 0 Å². The van der Waals surface area contributed by atoms with Crippen LogP contribution in [0.3, 0.4) is 0 Å². The van der Waals surface area contributed by atoms with Crippen molar-refractivity contribution in [3.05, 3.63) is 35.4 Å². The van der Waals surface area contributed by atoms with Gasteiger partial charge in [0.25, 0.3) is 10.0 Å². The fourth-order valence-electron chi connectivity index (χ4n) is 1.01. The van der Waals surface area contributed by atoms with Crippen LogP contribution in [0.1, 0.15) is 11.1 Å². The molecule has 0 atom stereocenters. The molecule has 11 heavy (non-hydrogen) atoms. The highest BCUT2D eigenvalue weighted by Crippen LogP contribution is 2.02. The summed E-state index contributed by atoms with van der Waals surface area (Å²) in [6.07, 6.45) is 0. The molecule has 0 aliphatic heterocycles. The van der Waals surface area contributed by atoms with Crippen LogP contribution in [0.25, 0.3) is 0 Å². The molecule has 1 N–H and O–H groups in total. The van der Waals surface area contributed by atoms with E-state index in [4.69, 9.17) is 0 Å². The van der Waals surface area contributed by atoms with Crippen LogP contribution in [0, 0.1) is 6.92 Å². The Morgan fingerprint density at radius 1 is 1.55 bits per heavy atom. The lowest BCUT2D eigenvalue weighted by atomic mass is 10.1. The molecule has 1 rings (SSSR count). The Hall–Kier alpha value is -0.673. The fourth-order valence-corrected chi connectivity index (χ4v) is 1.40. The van der Waals surface area contributed by atoms with Crippen molar-refractivity contribution in [1.29, 1.82) is 0 Å². The minimum Gasteiger partial charge on any atom is -0.313 e. The molecule has 0 aliphatic rings. The summed E-state index contributed by atoms with van der Waals surface area (Å²) in [6.45, 7) is 2.71. The van der Waals surface area contributed by atoms with E-state index in [1.54, 1.807) is 0 Å². The first-order valence-corrected chi connectivity index (χ1v) is 4.89. The van der Waals surface area contributed by atoms with Crippen molar-refractivity contribution in [2.24, 2.45) is 0 Å². The van der Waals surface area contributed by atoms with E-state index in [1.165, 1.54) is 5.56 Å². The van der Waals surface area contributed by atoms with E-state index in [9.17, 15) is 4.11 Å². The van der Waals surface area contributed by atoms with Gasteiger partial charge in [-0.3, -0.25) is 0 Å². The van der Waals surface area contributed by atoms with Crippen LogP contribution in [-0.4, -0.2) is 10.0 Å². The zero-order valence-corrected chi connectivity index (χ0v) is 8.02. The SMILES string of the molecule is Cc1cccc(CN[SiH2]F)c1. The number of aryl methyl sites for hydroxylation is 1. The van der Waals surface area contributed by atoms with Crippen molar-refractivity contribution in [2.75, 3.05) is 0 Å². The van der Waals surface area contributed by atoms with Crippen LogP contribution in [0.2, 0.25) is 0 Å². The van der Waals surface area contributed by atoms with Gasteiger partial charge in [-0.1, -0.05) is 29.8 Å². The number of nitrogens with one attached hydrogen (secondary N) is 1. The maximum atomic E-state index is 11.8. The summed E-state index contributed by atoms with van der Waals surface area (Å²) < 4.78 is 11.8. The molecule has 1 aromatic carbocycles. The van der Waals surface area contributed by atoms with E-state index in [-0.39, 0.29) is 0 Å². The van der Waals surface area contributed by atoms with E-state index < -0.39 is 10.0 Å². The number of hydrogen-bond donors (Lipinski definition) is 1. The first kappa shape index (κ1) is 8.42. The van der Waals surface area contributed by atoms with E-state index in [0.717, 1.165) is 5.56 Å². The van der Waals surface area contributed by atoms with Crippen molar-refractivity contribution >= 4 is 10.0 Å². The van der Waals surface area contributed by atoms with E-state index in [0.29, 0.717) is 6.54 Å². The van der Waals surface area contributed by atoms with Gasteiger partial charge in [-0.25, -0.2) is 0 Å². The molecule has 0 aromatic heterocycles. The van der Waals surface area contributed by atoms with Gasteiger partial charge in [0.1, 0.15) is 0 Å². The lowest BCUT2D eigenvalue weighted by molar-refractivity contribution is 0.794. The topological polar surface area (TPSA) is 12.0 Å². The summed E-state index contributed by atoms with van der Waals surface area (Å²) in [5, 5.41) is 0. The molecule has 0 fully saturated rings. The third kappa shape index (κ3) is 2.82. The van der Waals surface area contributed by atoms with Gasteiger partial charge in [-0.15, -0.1) is 0 Å². The second-order valence-corrected chi connectivity index (χ2v) is 3.32. The van der Waals surface area contributed by atoms with Gasteiger partial charge in [0.05, 0.1) is 0 Å². The van der Waals surface area contributed by atoms with Crippen LogP contribution in [-0.2, 0) is 6.54 Å². The van der Waals surface area contributed by atoms with Crippen molar-refractivity contribution in [1.82, 2.24) is 4.98 Å². The molecule has 0 unspecified atom stereocenters. The van der Waals surface area contributed by atoms with Gasteiger partial charge >= 0.3 is 0 Å². The molecule has 0 saturated carbocycles. The average Bonchev–Trinajstić information content (AvgIpc) is 2.01. The van der Waals surface area contributed by atoms with Gasteiger partial charge in [0.2, 0.25) is 0 Å². The summed E-state index contributed by atoms with van der Waals surface area (Å²) >= 11 is 0. The van der Waals surface area contributed by atoms with Crippen molar-refractivity contribution in [2.45, 2.75) is 13.5 Å². The third-order valence-corrected chi connectivity index (χ3v) is 1.95. The Labute approximate surface area is 68.7 Å². The van der Waals surface area contributed by atoms with Gasteiger partial charge in [0, 0.05) is 6.54 Å². The maximum Gasteiger partial charge on any atom is 0.289 e. The molecule has 0 aliphatic carbocycles. The first-order valence-electron chi connectivity index (χ1n) is 3.65. The number of benzene rings is 1. The quantitative estimate of drug-likeness (QED) is 0.527. The smallest absolute Gasteiger partial charge is 0.289 e. The molecule has 1 nitrogen and oxygen atoms in total. The molecular formula is C8H12FNSi. The Morgan fingerprint density at radius 2 is 2.36 bits per heavy atom. The second kappa shape index (κ2) is 4.26. The van der Waals surface area contributed by atoms with Crippen molar-refractivity contribution < 1.29 is 4.11 Å². The highest BCUT2D eigenvalue weighted by Gasteiger charge is 1.91. The lowest BCUT2D eigenvalue weighted by Crippen LogP contribution is -2.14. The highest BCUT2D eigenvalue weighted by atomic mass is 28.3. The van der Waals surface area contributed by atoms with Gasteiger partial charge in [-0.05, 0) is 12.5 Å². The van der Waals surface area contributed by atoms with Gasteiger partial charge in [-0.2, -0.15) is 0 Å². The normalized spacial score (nSPS) is 11.1. The van der Waals surface area contributed by atoms with E-state index in [1.807, 2.05) is 25.1 Å². The van der Waals surface area contributed by atoms with Crippen molar-refractivity contribution in [3.8, 4) is 0 Å². The Kier molecular flexibility index (Phi) is 3.26. The van der Waals surface area contributed by atoms with Crippen LogP contribution in [0.15, 0.2) is 24.3 Å². The lowest BCUT2D eigenvalue weighted by Gasteiger charge is -2.00. The largest absolute Gasteiger partial charge is 0.313 e. The van der Waals surface area contributed by atoms with Crippen LogP contribution < -0.4 is 4.98 Å².